The Hall–Kier alpha value is -3.24. The predicted molar refractivity (Wildman–Crippen MR) is 166 cm³/mol. The van der Waals surface area contributed by atoms with E-state index in [4.69, 9.17) is 19.9 Å². The minimum absolute atomic E-state index is 0.00615. The summed E-state index contributed by atoms with van der Waals surface area (Å²) in [4.78, 5) is 60.6. The molecule has 0 saturated carbocycles. The number of hydrogen-bond donors (Lipinski definition) is 3. The number of carbonyl (C=O) groups is 5. The molecule has 1 aromatic carbocycles. The number of esters is 3. The number of benzene rings is 1. The largest absolute Gasteiger partial charge is 0.469 e. The lowest BCUT2D eigenvalue weighted by molar-refractivity contribution is -0.143. The van der Waals surface area contributed by atoms with Crippen molar-refractivity contribution in [3.8, 4) is 0 Å². The van der Waals surface area contributed by atoms with Gasteiger partial charge in [0.15, 0.2) is 0 Å². The highest BCUT2D eigenvalue weighted by Gasteiger charge is 2.34. The highest BCUT2D eigenvalue weighted by Crippen LogP contribution is 2.16. The molecule has 4 N–H and O–H groups in total. The van der Waals surface area contributed by atoms with Crippen LogP contribution in [0.2, 0.25) is 0 Å². The molecule has 0 heterocycles. The van der Waals surface area contributed by atoms with Gasteiger partial charge in [-0.2, -0.15) is 0 Å². The molecule has 2 amide bonds. The quantitative estimate of drug-likeness (QED) is 0.0858. The fraction of sp³-hybridized carbons (Fsp3) is 0.633. The molecule has 0 saturated heterocycles. The fourth-order valence-corrected chi connectivity index (χ4v) is 4.69. The van der Waals surface area contributed by atoms with E-state index in [0.29, 0.717) is 17.9 Å². The number of thioether (sulfide) groups is 1. The number of amides is 2. The molecule has 45 heavy (non-hydrogen) atoms. The molecule has 254 valence electrons. The monoisotopic (exact) mass is 657 g/mol. The minimum Gasteiger partial charge on any atom is -0.469 e. The van der Waals surface area contributed by atoms with Gasteiger partial charge in [-0.1, -0.05) is 12.1 Å². The summed E-state index contributed by atoms with van der Waals surface area (Å²) in [6.07, 6.45) is -0.0395. The Kier molecular flexibility index (Phi) is 19.0. The van der Waals surface area contributed by atoms with Crippen LogP contribution in [0.15, 0.2) is 24.3 Å². The third-order valence-corrected chi connectivity index (χ3v) is 7.57. The van der Waals surface area contributed by atoms with E-state index in [-0.39, 0.29) is 76.5 Å². The maximum Gasteiger partial charge on any atom is 0.307 e. The van der Waals surface area contributed by atoms with E-state index in [0.717, 1.165) is 5.56 Å². The normalized spacial score (nSPS) is 11.4. The molecule has 1 aromatic rings. The van der Waals surface area contributed by atoms with E-state index >= 15 is 0 Å². The van der Waals surface area contributed by atoms with Crippen molar-refractivity contribution >= 4 is 41.5 Å². The van der Waals surface area contributed by atoms with Crippen LogP contribution < -0.4 is 16.4 Å². The van der Waals surface area contributed by atoms with Gasteiger partial charge in [0.25, 0.3) is 5.91 Å². The minimum atomic E-state index is -1.24. The summed E-state index contributed by atoms with van der Waals surface area (Å²) in [5.41, 5.74) is 5.16. The smallest absolute Gasteiger partial charge is 0.307 e. The van der Waals surface area contributed by atoms with E-state index in [1.165, 1.54) is 33.1 Å². The molecule has 0 aliphatic rings. The third-order valence-electron chi connectivity index (χ3n) is 6.17. The lowest BCUT2D eigenvalue weighted by Crippen LogP contribution is -2.59. The Labute approximate surface area is 268 Å². The topological polar surface area (TPSA) is 191 Å². The second-order valence-corrected chi connectivity index (χ2v) is 11.7. The van der Waals surface area contributed by atoms with E-state index < -0.39 is 29.0 Å². The third kappa shape index (κ3) is 17.1. The van der Waals surface area contributed by atoms with Gasteiger partial charge in [0.1, 0.15) is 5.54 Å². The van der Waals surface area contributed by atoms with E-state index in [9.17, 15) is 24.0 Å². The summed E-state index contributed by atoms with van der Waals surface area (Å²) >= 11 is 1.31. The van der Waals surface area contributed by atoms with Crippen LogP contribution in [0.3, 0.4) is 0 Å². The average Bonchev–Trinajstić information content (AvgIpc) is 3.02. The summed E-state index contributed by atoms with van der Waals surface area (Å²) in [5, 5.41) is 5.90. The van der Waals surface area contributed by atoms with Crippen molar-refractivity contribution in [1.82, 2.24) is 10.6 Å². The Balaban J connectivity index is 2.90. The lowest BCUT2D eigenvalue weighted by atomic mass is 10.0. The zero-order valence-electron chi connectivity index (χ0n) is 26.8. The summed E-state index contributed by atoms with van der Waals surface area (Å²) in [6.45, 7) is 3.78. The van der Waals surface area contributed by atoms with Gasteiger partial charge in [-0.25, -0.2) is 0 Å². The van der Waals surface area contributed by atoms with Crippen molar-refractivity contribution in [2.75, 3.05) is 72.5 Å². The Morgan fingerprint density at radius 1 is 0.733 bits per heavy atom. The molecule has 0 radical (unpaired) electrons. The second kappa shape index (κ2) is 21.5. The first kappa shape index (κ1) is 39.8. The van der Waals surface area contributed by atoms with Crippen molar-refractivity contribution in [1.29, 1.82) is 0 Å². The molecule has 0 aliphatic heterocycles. The first-order valence-electron chi connectivity index (χ1n) is 14.3. The molecule has 0 unspecified atom stereocenters. The van der Waals surface area contributed by atoms with E-state index in [1.807, 2.05) is 13.8 Å². The number of rotatable bonds is 23. The summed E-state index contributed by atoms with van der Waals surface area (Å²) in [6, 6.07) is 7.01. The van der Waals surface area contributed by atoms with E-state index in [2.05, 4.69) is 24.8 Å². The number of hydrogen-bond acceptors (Lipinski definition) is 13. The van der Waals surface area contributed by atoms with Crippen LogP contribution in [0, 0.1) is 0 Å². The zero-order chi connectivity index (χ0) is 33.7. The Morgan fingerprint density at radius 3 is 1.58 bits per heavy atom. The Morgan fingerprint density at radius 2 is 1.18 bits per heavy atom. The molecule has 0 bridgehead atoms. The van der Waals surface area contributed by atoms with Crippen molar-refractivity contribution in [2.24, 2.45) is 5.73 Å². The Bertz CT molecular complexity index is 1020. The molecule has 0 fully saturated rings. The standard InChI is InChI=1S/C30H47N3O11S/c1-29(2,33-28(38)23-8-6-22(16-31)7-9-23)21-45-17-24(34)32-30(18-42-13-10-25(35)39-3,19-43-14-11-26(36)40-4)20-44-15-12-27(37)41-5/h6-9H,10-21,31H2,1-5H3,(H,32,34)(H,33,38). The number of nitrogens with one attached hydrogen (secondary N) is 2. The van der Waals surface area contributed by atoms with Gasteiger partial charge in [0, 0.05) is 23.4 Å². The highest BCUT2D eigenvalue weighted by molar-refractivity contribution is 8.00. The van der Waals surface area contributed by atoms with Gasteiger partial charge < -0.3 is 44.8 Å². The van der Waals surface area contributed by atoms with Crippen molar-refractivity contribution in [3.05, 3.63) is 35.4 Å². The maximum atomic E-state index is 13.2. The average molecular weight is 658 g/mol. The first-order valence-corrected chi connectivity index (χ1v) is 15.5. The molecular formula is C30H47N3O11S. The van der Waals surface area contributed by atoms with Gasteiger partial charge in [-0.05, 0) is 31.5 Å². The van der Waals surface area contributed by atoms with Gasteiger partial charge in [-0.15, -0.1) is 11.8 Å². The molecule has 15 heteroatoms. The lowest BCUT2D eigenvalue weighted by Gasteiger charge is -2.34. The van der Waals surface area contributed by atoms with Crippen LogP contribution in [0.1, 0.15) is 49.0 Å². The molecule has 0 spiro atoms. The summed E-state index contributed by atoms with van der Waals surface area (Å²) < 4.78 is 31.1. The summed E-state index contributed by atoms with van der Waals surface area (Å²) in [7, 11) is 3.79. The molecule has 0 aromatic heterocycles. The van der Waals surface area contributed by atoms with E-state index in [1.54, 1.807) is 24.3 Å². The molecule has 1 rings (SSSR count). The molecule has 14 nitrogen and oxygen atoms in total. The molecular weight excluding hydrogens is 610 g/mol. The summed E-state index contributed by atoms with van der Waals surface area (Å²) in [5.74, 6) is -1.57. The maximum absolute atomic E-state index is 13.2. The van der Waals surface area contributed by atoms with Gasteiger partial charge in [-0.3, -0.25) is 24.0 Å². The van der Waals surface area contributed by atoms with Gasteiger partial charge in [0.2, 0.25) is 5.91 Å². The van der Waals surface area contributed by atoms with Crippen molar-refractivity contribution in [3.63, 3.8) is 0 Å². The van der Waals surface area contributed by atoms with Crippen LogP contribution >= 0.6 is 11.8 Å². The second-order valence-electron chi connectivity index (χ2n) is 10.7. The first-order chi connectivity index (χ1) is 21.4. The van der Waals surface area contributed by atoms with Crippen LogP contribution in [-0.2, 0) is 54.1 Å². The number of methoxy groups -OCH3 is 3. The van der Waals surface area contributed by atoms with Gasteiger partial charge >= 0.3 is 17.9 Å². The van der Waals surface area contributed by atoms with Gasteiger partial charge in [0.05, 0.1) is 86.0 Å². The molecule has 0 aliphatic carbocycles. The fourth-order valence-electron chi connectivity index (χ4n) is 3.75. The number of carbonyl (C=O) groups excluding carboxylic acids is 5. The number of nitrogens with two attached hydrogens (primary N) is 1. The SMILES string of the molecule is COC(=O)CCOCC(COCCC(=O)OC)(COCCC(=O)OC)NC(=O)CSCC(C)(C)NC(=O)c1ccc(CN)cc1. The van der Waals surface area contributed by atoms with Crippen molar-refractivity contribution in [2.45, 2.75) is 50.7 Å². The van der Waals surface area contributed by atoms with Crippen LogP contribution in [0.4, 0.5) is 0 Å². The van der Waals surface area contributed by atoms with Crippen LogP contribution in [0.5, 0.6) is 0 Å². The number of ether oxygens (including phenoxy) is 6. The predicted octanol–water partition coefficient (Wildman–Crippen LogP) is 0.981. The zero-order valence-corrected chi connectivity index (χ0v) is 27.6. The van der Waals surface area contributed by atoms with Crippen LogP contribution in [-0.4, -0.2) is 113 Å². The molecule has 0 atom stereocenters. The van der Waals surface area contributed by atoms with Crippen molar-refractivity contribution < 1.29 is 52.4 Å². The van der Waals surface area contributed by atoms with Crippen LogP contribution in [0.25, 0.3) is 0 Å². The highest BCUT2D eigenvalue weighted by atomic mass is 32.2.